The molecule has 13 heavy (non-hydrogen) atoms. The van der Waals surface area contributed by atoms with Crippen LogP contribution in [0.1, 0.15) is 18.9 Å². The summed E-state index contributed by atoms with van der Waals surface area (Å²) < 4.78 is 0. The summed E-state index contributed by atoms with van der Waals surface area (Å²) in [5.74, 6) is 0. The molecule has 70 valence electrons. The fourth-order valence-electron chi connectivity index (χ4n) is 1.13. The molecule has 0 saturated heterocycles. The molecule has 1 nitrogen and oxygen atoms in total. The third-order valence-electron chi connectivity index (χ3n) is 1.90. The molecule has 0 aromatic heterocycles. The normalized spacial score (nSPS) is 9.92. The van der Waals surface area contributed by atoms with Gasteiger partial charge in [-0.15, -0.1) is 6.58 Å². The van der Waals surface area contributed by atoms with E-state index < -0.39 is 0 Å². The van der Waals surface area contributed by atoms with Gasteiger partial charge in [0.1, 0.15) is 0 Å². The molecular formula is C12H17N. The third-order valence-corrected chi connectivity index (χ3v) is 1.90. The minimum absolute atomic E-state index is 0.952. The first-order chi connectivity index (χ1) is 6.29. The molecule has 0 aliphatic rings. The molecular weight excluding hydrogens is 158 g/mol. The molecule has 0 spiro atoms. The molecule has 1 aromatic carbocycles. The van der Waals surface area contributed by atoms with Gasteiger partial charge in [0, 0.05) is 6.54 Å². The predicted molar refractivity (Wildman–Crippen MR) is 57.6 cm³/mol. The summed E-state index contributed by atoms with van der Waals surface area (Å²) in [4.78, 5) is 0. The van der Waals surface area contributed by atoms with E-state index in [1.54, 1.807) is 0 Å². The van der Waals surface area contributed by atoms with E-state index in [2.05, 4.69) is 43.1 Å². The number of benzene rings is 1. The molecule has 0 bridgehead atoms. The van der Waals surface area contributed by atoms with E-state index in [0.29, 0.717) is 0 Å². The summed E-state index contributed by atoms with van der Waals surface area (Å²) in [6, 6.07) is 10.4. The zero-order valence-corrected chi connectivity index (χ0v) is 8.22. The summed E-state index contributed by atoms with van der Waals surface area (Å²) in [5, 5.41) is 3.37. The summed E-state index contributed by atoms with van der Waals surface area (Å²) in [5.41, 5.74) is 2.57. The molecule has 1 heteroatoms. The topological polar surface area (TPSA) is 12.0 Å². The first-order valence-electron chi connectivity index (χ1n) is 4.68. The van der Waals surface area contributed by atoms with Crippen LogP contribution in [0.4, 0.5) is 0 Å². The molecule has 0 amide bonds. The van der Waals surface area contributed by atoms with Gasteiger partial charge in [-0.25, -0.2) is 0 Å². The van der Waals surface area contributed by atoms with Crippen molar-refractivity contribution in [1.29, 1.82) is 0 Å². The molecule has 1 aromatic rings. The zero-order chi connectivity index (χ0) is 9.52. The van der Waals surface area contributed by atoms with Gasteiger partial charge in [0.2, 0.25) is 0 Å². The van der Waals surface area contributed by atoms with Crippen LogP contribution in [-0.4, -0.2) is 6.54 Å². The van der Waals surface area contributed by atoms with Crippen LogP contribution >= 0.6 is 0 Å². The van der Waals surface area contributed by atoms with Crippen molar-refractivity contribution in [2.45, 2.75) is 19.9 Å². The Bertz CT molecular complexity index is 251. The Balaban J connectivity index is 2.17. The Hall–Kier alpha value is -1.08. The highest BCUT2D eigenvalue weighted by Crippen LogP contribution is 1.98. The van der Waals surface area contributed by atoms with Crippen LogP contribution < -0.4 is 5.32 Å². The minimum Gasteiger partial charge on any atom is -0.312 e. The van der Waals surface area contributed by atoms with Gasteiger partial charge >= 0.3 is 0 Å². The lowest BCUT2D eigenvalue weighted by Crippen LogP contribution is -2.14. The Morgan fingerprint density at radius 1 is 1.31 bits per heavy atom. The Labute approximate surface area is 80.5 Å². The SMILES string of the molecule is C=C(C)CCNCc1ccccc1. The van der Waals surface area contributed by atoms with Crippen molar-refractivity contribution >= 4 is 0 Å². The largest absolute Gasteiger partial charge is 0.312 e. The molecule has 0 aliphatic heterocycles. The van der Waals surface area contributed by atoms with E-state index in [9.17, 15) is 0 Å². The Morgan fingerprint density at radius 3 is 2.62 bits per heavy atom. The van der Waals surface area contributed by atoms with Gasteiger partial charge in [0.25, 0.3) is 0 Å². The van der Waals surface area contributed by atoms with E-state index in [-0.39, 0.29) is 0 Å². The molecule has 0 heterocycles. The van der Waals surface area contributed by atoms with Crippen molar-refractivity contribution in [3.63, 3.8) is 0 Å². The summed E-state index contributed by atoms with van der Waals surface area (Å²) in [7, 11) is 0. The summed E-state index contributed by atoms with van der Waals surface area (Å²) >= 11 is 0. The maximum absolute atomic E-state index is 3.86. The second-order valence-electron chi connectivity index (χ2n) is 3.37. The number of hydrogen-bond acceptors (Lipinski definition) is 1. The number of nitrogens with one attached hydrogen (secondary N) is 1. The molecule has 0 unspecified atom stereocenters. The van der Waals surface area contributed by atoms with Gasteiger partial charge in [-0.2, -0.15) is 0 Å². The Morgan fingerprint density at radius 2 is 2.00 bits per heavy atom. The fraction of sp³-hybridized carbons (Fsp3) is 0.333. The molecule has 0 radical (unpaired) electrons. The van der Waals surface area contributed by atoms with Crippen LogP contribution in [0, 0.1) is 0 Å². The van der Waals surface area contributed by atoms with Crippen LogP contribution in [0.25, 0.3) is 0 Å². The van der Waals surface area contributed by atoms with Gasteiger partial charge in [0.05, 0.1) is 0 Å². The number of rotatable bonds is 5. The van der Waals surface area contributed by atoms with Crippen LogP contribution in [0.15, 0.2) is 42.5 Å². The second kappa shape index (κ2) is 5.55. The van der Waals surface area contributed by atoms with Crippen LogP contribution in [-0.2, 0) is 6.54 Å². The molecule has 1 rings (SSSR count). The molecule has 0 atom stereocenters. The number of hydrogen-bond donors (Lipinski definition) is 1. The van der Waals surface area contributed by atoms with Crippen molar-refractivity contribution in [3.8, 4) is 0 Å². The van der Waals surface area contributed by atoms with E-state index in [1.165, 1.54) is 11.1 Å². The van der Waals surface area contributed by atoms with Crippen LogP contribution in [0.2, 0.25) is 0 Å². The monoisotopic (exact) mass is 175 g/mol. The van der Waals surface area contributed by atoms with Crippen molar-refractivity contribution < 1.29 is 0 Å². The summed E-state index contributed by atoms with van der Waals surface area (Å²) in [6.07, 6.45) is 1.06. The molecule has 1 N–H and O–H groups in total. The van der Waals surface area contributed by atoms with Gasteiger partial charge < -0.3 is 5.32 Å². The molecule has 0 fully saturated rings. The average molecular weight is 175 g/mol. The smallest absolute Gasteiger partial charge is 0.0205 e. The van der Waals surface area contributed by atoms with E-state index >= 15 is 0 Å². The van der Waals surface area contributed by atoms with E-state index in [1.807, 2.05) is 6.07 Å². The van der Waals surface area contributed by atoms with Crippen molar-refractivity contribution in [2.24, 2.45) is 0 Å². The summed E-state index contributed by atoms with van der Waals surface area (Å²) in [6.45, 7) is 7.89. The predicted octanol–water partition coefficient (Wildman–Crippen LogP) is 2.74. The molecule has 0 aliphatic carbocycles. The lowest BCUT2D eigenvalue weighted by atomic mass is 10.2. The van der Waals surface area contributed by atoms with Gasteiger partial charge in [-0.05, 0) is 25.5 Å². The molecule has 0 saturated carbocycles. The standard InChI is InChI=1S/C12H17N/c1-11(2)8-9-13-10-12-6-4-3-5-7-12/h3-7,13H,1,8-10H2,2H3. The highest BCUT2D eigenvalue weighted by molar-refractivity contribution is 5.14. The lowest BCUT2D eigenvalue weighted by Gasteiger charge is -2.03. The van der Waals surface area contributed by atoms with Crippen LogP contribution in [0.5, 0.6) is 0 Å². The maximum atomic E-state index is 3.86. The lowest BCUT2D eigenvalue weighted by molar-refractivity contribution is 0.685. The van der Waals surface area contributed by atoms with Crippen LogP contribution in [0.3, 0.4) is 0 Å². The second-order valence-corrected chi connectivity index (χ2v) is 3.37. The fourth-order valence-corrected chi connectivity index (χ4v) is 1.13. The van der Waals surface area contributed by atoms with Gasteiger partial charge in [0.15, 0.2) is 0 Å². The highest BCUT2D eigenvalue weighted by Gasteiger charge is 1.90. The van der Waals surface area contributed by atoms with E-state index in [4.69, 9.17) is 0 Å². The van der Waals surface area contributed by atoms with Crippen molar-refractivity contribution in [3.05, 3.63) is 48.0 Å². The zero-order valence-electron chi connectivity index (χ0n) is 8.22. The highest BCUT2D eigenvalue weighted by atomic mass is 14.8. The van der Waals surface area contributed by atoms with Crippen molar-refractivity contribution in [2.75, 3.05) is 6.54 Å². The average Bonchev–Trinajstić information content (AvgIpc) is 2.14. The maximum Gasteiger partial charge on any atom is 0.0205 e. The van der Waals surface area contributed by atoms with Gasteiger partial charge in [-0.1, -0.05) is 35.9 Å². The quantitative estimate of drug-likeness (QED) is 0.536. The van der Waals surface area contributed by atoms with Crippen molar-refractivity contribution in [1.82, 2.24) is 5.32 Å². The minimum atomic E-state index is 0.952. The van der Waals surface area contributed by atoms with Gasteiger partial charge in [-0.3, -0.25) is 0 Å². The Kier molecular flexibility index (Phi) is 4.27. The van der Waals surface area contributed by atoms with E-state index in [0.717, 1.165) is 19.5 Å². The first-order valence-corrected chi connectivity index (χ1v) is 4.68. The first kappa shape index (κ1) is 10.0. The third kappa shape index (κ3) is 4.48.